The Morgan fingerprint density at radius 2 is 2.12 bits per heavy atom. The molecule has 2 aromatic rings. The second-order valence-corrected chi connectivity index (χ2v) is 4.66. The van der Waals surface area contributed by atoms with Crippen molar-refractivity contribution in [3.05, 3.63) is 46.0 Å². The van der Waals surface area contributed by atoms with E-state index in [9.17, 15) is 0 Å². The molecule has 2 aromatic heterocycles. The van der Waals surface area contributed by atoms with Gasteiger partial charge in [0.1, 0.15) is 11.5 Å². The van der Waals surface area contributed by atoms with Crippen LogP contribution in [-0.4, -0.2) is 0 Å². The first-order valence-electron chi connectivity index (χ1n) is 5.62. The maximum atomic E-state index is 5.64. The molecule has 2 heterocycles. The molecule has 1 unspecified atom stereocenters. The molecule has 1 N–H and O–H groups in total. The summed E-state index contributed by atoms with van der Waals surface area (Å²) in [5.41, 5.74) is 1.34. The van der Waals surface area contributed by atoms with Gasteiger partial charge in [0, 0.05) is 12.5 Å². The van der Waals surface area contributed by atoms with Crippen molar-refractivity contribution >= 4 is 11.3 Å². The fraction of sp³-hybridized carbons (Fsp3) is 0.385. The molecule has 0 bridgehead atoms. The van der Waals surface area contributed by atoms with Gasteiger partial charge in [-0.15, -0.1) is 0 Å². The van der Waals surface area contributed by atoms with Gasteiger partial charge < -0.3 is 9.73 Å². The van der Waals surface area contributed by atoms with Gasteiger partial charge in [0.2, 0.25) is 0 Å². The van der Waals surface area contributed by atoms with Gasteiger partial charge in [0.05, 0.1) is 6.54 Å². The fourth-order valence-corrected chi connectivity index (χ4v) is 2.35. The predicted molar refractivity (Wildman–Crippen MR) is 67.7 cm³/mol. The van der Waals surface area contributed by atoms with Gasteiger partial charge in [0.25, 0.3) is 0 Å². The summed E-state index contributed by atoms with van der Waals surface area (Å²) in [4.78, 5) is 0. The Labute approximate surface area is 100 Å². The number of thiophene rings is 1. The van der Waals surface area contributed by atoms with Crippen molar-refractivity contribution in [3.8, 4) is 0 Å². The molecule has 0 radical (unpaired) electrons. The number of furan rings is 1. The number of nitrogens with one attached hydrogen (secondary N) is 1. The number of hydrogen-bond acceptors (Lipinski definition) is 3. The van der Waals surface area contributed by atoms with Gasteiger partial charge in [-0.3, -0.25) is 0 Å². The number of rotatable bonds is 5. The summed E-state index contributed by atoms with van der Waals surface area (Å²) in [6, 6.07) is 6.63. The summed E-state index contributed by atoms with van der Waals surface area (Å²) in [5.74, 6) is 2.07. The zero-order chi connectivity index (χ0) is 11.4. The summed E-state index contributed by atoms with van der Waals surface area (Å²) in [6.45, 7) is 5.06. The Morgan fingerprint density at radius 1 is 1.31 bits per heavy atom. The fourth-order valence-electron chi connectivity index (χ4n) is 1.60. The third kappa shape index (κ3) is 2.74. The first-order valence-corrected chi connectivity index (χ1v) is 6.57. The van der Waals surface area contributed by atoms with E-state index < -0.39 is 0 Å². The quantitative estimate of drug-likeness (QED) is 0.853. The van der Waals surface area contributed by atoms with Gasteiger partial charge in [-0.05, 0) is 41.4 Å². The second-order valence-electron chi connectivity index (χ2n) is 3.88. The van der Waals surface area contributed by atoms with Crippen molar-refractivity contribution in [2.75, 3.05) is 0 Å². The van der Waals surface area contributed by atoms with Crippen LogP contribution in [0, 0.1) is 0 Å². The maximum absolute atomic E-state index is 5.64. The summed E-state index contributed by atoms with van der Waals surface area (Å²) in [5, 5.41) is 7.74. The van der Waals surface area contributed by atoms with Crippen molar-refractivity contribution < 1.29 is 4.42 Å². The molecule has 0 fully saturated rings. The minimum atomic E-state index is 0.376. The molecule has 2 nitrogen and oxygen atoms in total. The van der Waals surface area contributed by atoms with E-state index in [0.29, 0.717) is 6.04 Å². The molecule has 0 aliphatic rings. The van der Waals surface area contributed by atoms with Crippen LogP contribution in [0.5, 0.6) is 0 Å². The van der Waals surface area contributed by atoms with E-state index in [2.05, 4.69) is 36.0 Å². The third-order valence-corrected chi connectivity index (χ3v) is 3.39. The van der Waals surface area contributed by atoms with Crippen LogP contribution in [0.2, 0.25) is 0 Å². The average molecular weight is 235 g/mol. The lowest BCUT2D eigenvalue weighted by Gasteiger charge is -2.10. The standard InChI is InChI=1S/C13H17NOS/c1-3-12-4-5-13(15-12)8-14-10(2)11-6-7-16-9-11/h4-7,9-10,14H,3,8H2,1-2H3. The van der Waals surface area contributed by atoms with E-state index in [1.54, 1.807) is 11.3 Å². The van der Waals surface area contributed by atoms with Crippen molar-refractivity contribution in [1.29, 1.82) is 0 Å². The molecule has 1 atom stereocenters. The molecule has 0 amide bonds. The van der Waals surface area contributed by atoms with E-state index in [1.807, 2.05) is 12.1 Å². The van der Waals surface area contributed by atoms with Crippen molar-refractivity contribution in [2.24, 2.45) is 0 Å². The highest BCUT2D eigenvalue weighted by atomic mass is 32.1. The summed E-state index contributed by atoms with van der Waals surface area (Å²) < 4.78 is 5.64. The van der Waals surface area contributed by atoms with Crippen LogP contribution in [0.4, 0.5) is 0 Å². The topological polar surface area (TPSA) is 25.2 Å². The Morgan fingerprint density at radius 3 is 2.75 bits per heavy atom. The van der Waals surface area contributed by atoms with Crippen molar-refractivity contribution in [2.45, 2.75) is 32.9 Å². The van der Waals surface area contributed by atoms with E-state index in [1.165, 1.54) is 5.56 Å². The predicted octanol–water partition coefficient (Wildman–Crippen LogP) is 3.75. The first kappa shape index (κ1) is 11.4. The van der Waals surface area contributed by atoms with E-state index in [-0.39, 0.29) is 0 Å². The van der Waals surface area contributed by atoms with E-state index in [4.69, 9.17) is 4.42 Å². The smallest absolute Gasteiger partial charge is 0.117 e. The van der Waals surface area contributed by atoms with Gasteiger partial charge in [0.15, 0.2) is 0 Å². The minimum Gasteiger partial charge on any atom is -0.465 e. The monoisotopic (exact) mass is 235 g/mol. The summed E-state index contributed by atoms with van der Waals surface area (Å²) >= 11 is 1.73. The average Bonchev–Trinajstić information content (AvgIpc) is 2.96. The molecule has 0 aromatic carbocycles. The lowest BCUT2D eigenvalue weighted by atomic mass is 10.2. The van der Waals surface area contributed by atoms with Crippen LogP contribution in [0.15, 0.2) is 33.4 Å². The third-order valence-electron chi connectivity index (χ3n) is 2.69. The molecule has 0 saturated carbocycles. The minimum absolute atomic E-state index is 0.376. The molecule has 2 rings (SSSR count). The zero-order valence-electron chi connectivity index (χ0n) is 9.69. The van der Waals surface area contributed by atoms with Crippen LogP contribution in [0.3, 0.4) is 0 Å². The van der Waals surface area contributed by atoms with Crippen LogP contribution >= 0.6 is 11.3 Å². The zero-order valence-corrected chi connectivity index (χ0v) is 10.5. The number of aryl methyl sites for hydroxylation is 1. The lowest BCUT2D eigenvalue weighted by Crippen LogP contribution is -2.17. The Kier molecular flexibility index (Phi) is 3.80. The van der Waals surface area contributed by atoms with E-state index >= 15 is 0 Å². The van der Waals surface area contributed by atoms with Crippen LogP contribution < -0.4 is 5.32 Å². The Bertz CT molecular complexity index is 419. The van der Waals surface area contributed by atoms with Gasteiger partial charge >= 0.3 is 0 Å². The highest BCUT2D eigenvalue weighted by molar-refractivity contribution is 7.07. The van der Waals surface area contributed by atoms with E-state index in [0.717, 1.165) is 24.5 Å². The van der Waals surface area contributed by atoms with Crippen LogP contribution in [0.1, 0.15) is 37.0 Å². The molecule has 86 valence electrons. The van der Waals surface area contributed by atoms with Crippen LogP contribution in [0.25, 0.3) is 0 Å². The Hall–Kier alpha value is -1.06. The Balaban J connectivity index is 1.87. The molecule has 0 aliphatic carbocycles. The SMILES string of the molecule is CCc1ccc(CNC(C)c2ccsc2)o1. The first-order chi connectivity index (χ1) is 7.79. The maximum Gasteiger partial charge on any atom is 0.117 e. The molecule has 0 aliphatic heterocycles. The summed E-state index contributed by atoms with van der Waals surface area (Å²) in [6.07, 6.45) is 0.958. The van der Waals surface area contributed by atoms with Crippen molar-refractivity contribution in [3.63, 3.8) is 0 Å². The van der Waals surface area contributed by atoms with Gasteiger partial charge in [-0.25, -0.2) is 0 Å². The largest absolute Gasteiger partial charge is 0.465 e. The van der Waals surface area contributed by atoms with Gasteiger partial charge in [-0.2, -0.15) is 11.3 Å². The van der Waals surface area contributed by atoms with Crippen LogP contribution in [-0.2, 0) is 13.0 Å². The lowest BCUT2D eigenvalue weighted by molar-refractivity contribution is 0.435. The van der Waals surface area contributed by atoms with Gasteiger partial charge in [-0.1, -0.05) is 6.92 Å². The molecule has 0 spiro atoms. The second kappa shape index (κ2) is 5.32. The molecule has 16 heavy (non-hydrogen) atoms. The number of hydrogen-bond donors (Lipinski definition) is 1. The highest BCUT2D eigenvalue weighted by Gasteiger charge is 2.06. The molecule has 0 saturated heterocycles. The molecule has 3 heteroatoms. The van der Waals surface area contributed by atoms with Crippen molar-refractivity contribution in [1.82, 2.24) is 5.32 Å². The molecular formula is C13H17NOS. The summed E-state index contributed by atoms with van der Waals surface area (Å²) in [7, 11) is 0. The normalized spacial score (nSPS) is 12.9. The highest BCUT2D eigenvalue weighted by Crippen LogP contribution is 2.16. The molecular weight excluding hydrogens is 218 g/mol.